The van der Waals surface area contributed by atoms with Crippen molar-refractivity contribution in [2.45, 2.75) is 6.92 Å². The fourth-order valence-electron chi connectivity index (χ4n) is 2.68. The summed E-state index contributed by atoms with van der Waals surface area (Å²) in [5, 5.41) is 9.22. The van der Waals surface area contributed by atoms with Crippen LogP contribution in [0.15, 0.2) is 54.7 Å². The minimum Gasteiger partial charge on any atom is -0.257 e. The molecule has 1 aromatic heterocycles. The quantitative estimate of drug-likeness (QED) is 0.569. The molecule has 0 aliphatic rings. The van der Waals surface area contributed by atoms with Crippen molar-refractivity contribution in [2.24, 2.45) is 0 Å². The molecule has 0 atom stereocenters. The van der Waals surface area contributed by atoms with Crippen LogP contribution in [0.1, 0.15) is 11.1 Å². The zero-order valence-corrected chi connectivity index (χ0v) is 13.5. The molecule has 0 saturated heterocycles. The molecule has 4 nitrogen and oxygen atoms in total. The lowest BCUT2D eigenvalue weighted by Gasteiger charge is -2.11. The molecule has 0 aliphatic carbocycles. The number of benzene rings is 2. The summed E-state index contributed by atoms with van der Waals surface area (Å²) in [6.45, 7) is 16.7. The maximum atomic E-state index is 9.22. The van der Waals surface area contributed by atoms with Gasteiger partial charge in [0.05, 0.1) is 24.9 Å². The van der Waals surface area contributed by atoms with Crippen molar-refractivity contribution in [1.29, 1.82) is 5.26 Å². The zero-order valence-electron chi connectivity index (χ0n) is 13.5. The van der Waals surface area contributed by atoms with E-state index in [1.807, 2.05) is 49.4 Å². The van der Waals surface area contributed by atoms with Crippen molar-refractivity contribution >= 4 is 11.4 Å². The number of nitrogens with zero attached hydrogens (tertiary/aromatic N) is 4. The van der Waals surface area contributed by atoms with Crippen LogP contribution in [0, 0.1) is 31.4 Å². The number of aromatic nitrogens is 1. The second-order valence-electron chi connectivity index (χ2n) is 5.48. The van der Waals surface area contributed by atoms with Gasteiger partial charge >= 0.3 is 0 Å². The summed E-state index contributed by atoms with van der Waals surface area (Å²) < 4.78 is 0. The van der Waals surface area contributed by atoms with E-state index in [1.54, 1.807) is 12.3 Å². The summed E-state index contributed by atoms with van der Waals surface area (Å²) in [6, 6.07) is 16.9. The van der Waals surface area contributed by atoms with E-state index in [2.05, 4.69) is 14.7 Å². The summed E-state index contributed by atoms with van der Waals surface area (Å²) in [6.07, 6.45) is 1.75. The zero-order chi connectivity index (χ0) is 17.8. The molecule has 116 valence electrons. The van der Waals surface area contributed by atoms with Gasteiger partial charge in [-0.2, -0.15) is 5.26 Å². The number of hydrogen-bond donors (Lipinski definition) is 0. The average molecular weight is 320 g/mol. The maximum absolute atomic E-state index is 9.22. The standard InChI is InChI=1S/C21H12N4/c1-14-13-25-19(11-17(14)16-7-5-4-6-8-16)18-9-15(12-22)10-20(23-2)21(18)24-3/h4-11,13H,1H3. The third-order valence-corrected chi connectivity index (χ3v) is 3.92. The van der Waals surface area contributed by atoms with E-state index in [0.29, 0.717) is 16.8 Å². The minimum absolute atomic E-state index is 0.174. The lowest BCUT2D eigenvalue weighted by Crippen LogP contribution is -1.91. The Morgan fingerprint density at radius 1 is 1.00 bits per heavy atom. The molecule has 0 saturated carbocycles. The maximum Gasteiger partial charge on any atom is 0.203 e. The molecule has 0 spiro atoms. The van der Waals surface area contributed by atoms with Gasteiger partial charge < -0.3 is 0 Å². The van der Waals surface area contributed by atoms with Gasteiger partial charge in [-0.05, 0) is 41.3 Å². The van der Waals surface area contributed by atoms with Gasteiger partial charge in [-0.15, -0.1) is 0 Å². The van der Waals surface area contributed by atoms with E-state index in [-0.39, 0.29) is 11.4 Å². The molecule has 0 aliphatic heterocycles. The topological polar surface area (TPSA) is 45.4 Å². The third kappa shape index (κ3) is 2.95. The number of nitriles is 1. The Balaban J connectivity index is 2.27. The van der Waals surface area contributed by atoms with E-state index in [1.165, 1.54) is 6.07 Å². The van der Waals surface area contributed by atoms with E-state index in [0.717, 1.165) is 16.7 Å². The minimum atomic E-state index is 0.174. The van der Waals surface area contributed by atoms with Crippen molar-refractivity contribution in [3.63, 3.8) is 0 Å². The molecule has 0 bridgehead atoms. The number of rotatable bonds is 2. The number of pyridine rings is 1. The van der Waals surface area contributed by atoms with Crippen molar-refractivity contribution in [2.75, 3.05) is 0 Å². The van der Waals surface area contributed by atoms with Crippen LogP contribution in [-0.4, -0.2) is 4.98 Å². The second kappa shape index (κ2) is 6.67. The highest BCUT2D eigenvalue weighted by Crippen LogP contribution is 2.40. The van der Waals surface area contributed by atoms with Crippen molar-refractivity contribution < 1.29 is 0 Å². The Bertz CT molecular complexity index is 1080. The van der Waals surface area contributed by atoms with E-state index < -0.39 is 0 Å². The highest BCUT2D eigenvalue weighted by Gasteiger charge is 2.15. The van der Waals surface area contributed by atoms with Crippen LogP contribution in [0.2, 0.25) is 0 Å². The Morgan fingerprint density at radius 3 is 2.40 bits per heavy atom. The van der Waals surface area contributed by atoms with Crippen LogP contribution in [0.4, 0.5) is 11.4 Å². The summed E-state index contributed by atoms with van der Waals surface area (Å²) in [5.41, 5.74) is 4.91. The average Bonchev–Trinajstić information content (AvgIpc) is 2.67. The van der Waals surface area contributed by atoms with Crippen LogP contribution in [-0.2, 0) is 0 Å². The fourth-order valence-corrected chi connectivity index (χ4v) is 2.68. The van der Waals surface area contributed by atoms with Gasteiger partial charge in [-0.25, -0.2) is 4.85 Å². The molecule has 0 radical (unpaired) electrons. The van der Waals surface area contributed by atoms with Crippen molar-refractivity contribution in [3.05, 3.63) is 88.7 Å². The van der Waals surface area contributed by atoms with Gasteiger partial charge in [0.1, 0.15) is 0 Å². The van der Waals surface area contributed by atoms with Gasteiger partial charge in [0.15, 0.2) is 5.69 Å². The summed E-state index contributed by atoms with van der Waals surface area (Å²) in [5.74, 6) is 0. The first kappa shape index (κ1) is 15.9. The summed E-state index contributed by atoms with van der Waals surface area (Å²) in [4.78, 5) is 11.3. The monoisotopic (exact) mass is 320 g/mol. The molecular weight excluding hydrogens is 308 g/mol. The molecule has 0 unspecified atom stereocenters. The molecule has 1 heterocycles. The molecular formula is C21H12N4. The Kier molecular flexibility index (Phi) is 4.25. The molecule has 25 heavy (non-hydrogen) atoms. The van der Waals surface area contributed by atoms with Crippen LogP contribution < -0.4 is 0 Å². The van der Waals surface area contributed by atoms with Gasteiger partial charge in [0.25, 0.3) is 0 Å². The normalized spacial score (nSPS) is 9.68. The lowest BCUT2D eigenvalue weighted by molar-refractivity contribution is 1.27. The van der Waals surface area contributed by atoms with Crippen LogP contribution in [0.5, 0.6) is 0 Å². The molecule has 0 fully saturated rings. The van der Waals surface area contributed by atoms with Crippen LogP contribution in [0.3, 0.4) is 0 Å². The Labute approximate surface area is 146 Å². The largest absolute Gasteiger partial charge is 0.257 e. The predicted molar refractivity (Wildman–Crippen MR) is 97.1 cm³/mol. The summed E-state index contributed by atoms with van der Waals surface area (Å²) in [7, 11) is 0. The SMILES string of the molecule is [C-]#[N+]c1cc(C#N)cc(-c2cc(-c3ccccc3)c(C)cn2)c1[N+]#[C-]. The lowest BCUT2D eigenvalue weighted by atomic mass is 9.98. The first-order chi connectivity index (χ1) is 12.2. The summed E-state index contributed by atoms with van der Waals surface area (Å²) >= 11 is 0. The van der Waals surface area contributed by atoms with Gasteiger partial charge in [0, 0.05) is 11.8 Å². The van der Waals surface area contributed by atoms with E-state index in [4.69, 9.17) is 13.1 Å². The first-order valence-electron chi connectivity index (χ1n) is 7.53. The smallest absolute Gasteiger partial charge is 0.203 e. The number of hydrogen-bond acceptors (Lipinski definition) is 2. The van der Waals surface area contributed by atoms with Crippen LogP contribution in [0.25, 0.3) is 32.1 Å². The van der Waals surface area contributed by atoms with Crippen LogP contribution >= 0.6 is 0 Å². The third-order valence-electron chi connectivity index (χ3n) is 3.92. The molecule has 3 rings (SSSR count). The molecule has 0 amide bonds. The van der Waals surface area contributed by atoms with Gasteiger partial charge in [-0.1, -0.05) is 36.4 Å². The molecule has 4 heteroatoms. The van der Waals surface area contributed by atoms with E-state index >= 15 is 0 Å². The highest BCUT2D eigenvalue weighted by atomic mass is 14.8. The molecule has 2 aromatic carbocycles. The Morgan fingerprint density at radius 2 is 1.76 bits per heavy atom. The Hall–Kier alpha value is -3.94. The number of aryl methyl sites for hydroxylation is 1. The predicted octanol–water partition coefficient (Wildman–Crippen LogP) is 5.70. The molecule has 0 N–H and O–H groups in total. The van der Waals surface area contributed by atoms with Gasteiger partial charge in [-0.3, -0.25) is 9.83 Å². The second-order valence-corrected chi connectivity index (χ2v) is 5.48. The van der Waals surface area contributed by atoms with Crippen molar-refractivity contribution in [1.82, 2.24) is 4.98 Å². The first-order valence-corrected chi connectivity index (χ1v) is 7.53. The fraction of sp³-hybridized carbons (Fsp3) is 0.0476. The highest BCUT2D eigenvalue weighted by molar-refractivity contribution is 5.89. The van der Waals surface area contributed by atoms with E-state index in [9.17, 15) is 5.26 Å². The van der Waals surface area contributed by atoms with Gasteiger partial charge in [0.2, 0.25) is 5.69 Å². The van der Waals surface area contributed by atoms with Crippen molar-refractivity contribution in [3.8, 4) is 28.5 Å². The molecule has 3 aromatic rings.